The van der Waals surface area contributed by atoms with E-state index >= 15 is 0 Å². The highest BCUT2D eigenvalue weighted by atomic mass is 16.6. The largest absolute Gasteiger partial charge is 0.456 e. The van der Waals surface area contributed by atoms with Crippen molar-refractivity contribution in [3.05, 3.63) is 65.5 Å². The topological polar surface area (TPSA) is 177 Å². The Balaban J connectivity index is 1.57. The SMILES string of the molecule is CCCCn1c(=O)[nH]c(=O)c2c1nc(COC(=O)Cn1c(=O)oc3cc([N+](=O)[O-])ccc31)n2C. The van der Waals surface area contributed by atoms with Crippen LogP contribution < -0.4 is 17.0 Å². The maximum absolute atomic E-state index is 12.4. The highest BCUT2D eigenvalue weighted by Gasteiger charge is 2.19. The van der Waals surface area contributed by atoms with Gasteiger partial charge in [0.05, 0.1) is 16.5 Å². The molecule has 14 nitrogen and oxygen atoms in total. The summed E-state index contributed by atoms with van der Waals surface area (Å²) in [6.45, 7) is 1.51. The summed E-state index contributed by atoms with van der Waals surface area (Å²) in [5.41, 5.74) is -0.918. The van der Waals surface area contributed by atoms with Crippen molar-refractivity contribution in [1.29, 1.82) is 0 Å². The van der Waals surface area contributed by atoms with Crippen molar-refractivity contribution in [3.8, 4) is 0 Å². The average molecular weight is 472 g/mol. The summed E-state index contributed by atoms with van der Waals surface area (Å²) >= 11 is 0. The van der Waals surface area contributed by atoms with E-state index in [4.69, 9.17) is 9.15 Å². The number of hydrogen-bond donors (Lipinski definition) is 1. The number of carbonyl (C=O) groups is 1. The van der Waals surface area contributed by atoms with E-state index in [2.05, 4.69) is 9.97 Å². The summed E-state index contributed by atoms with van der Waals surface area (Å²) in [6.07, 6.45) is 1.54. The molecule has 0 aliphatic rings. The first-order valence-electron chi connectivity index (χ1n) is 10.3. The lowest BCUT2D eigenvalue weighted by molar-refractivity contribution is -0.384. The Morgan fingerprint density at radius 2 is 2.03 bits per heavy atom. The van der Waals surface area contributed by atoms with Gasteiger partial charge in [-0.25, -0.2) is 14.6 Å². The number of fused-ring (bicyclic) bond motifs is 2. The first-order chi connectivity index (χ1) is 16.2. The van der Waals surface area contributed by atoms with Crippen molar-refractivity contribution in [1.82, 2.24) is 23.7 Å². The van der Waals surface area contributed by atoms with Crippen LogP contribution in [0.2, 0.25) is 0 Å². The fraction of sp³-hybridized carbons (Fsp3) is 0.350. The third-order valence-corrected chi connectivity index (χ3v) is 5.35. The van der Waals surface area contributed by atoms with E-state index in [0.29, 0.717) is 13.0 Å². The first-order valence-corrected chi connectivity index (χ1v) is 10.3. The number of imidazole rings is 1. The third-order valence-electron chi connectivity index (χ3n) is 5.35. The zero-order valence-electron chi connectivity index (χ0n) is 18.3. The van der Waals surface area contributed by atoms with Crippen LogP contribution in [0.25, 0.3) is 22.3 Å². The number of nitro benzene ring substituents is 1. The van der Waals surface area contributed by atoms with Crippen LogP contribution in [0.15, 0.2) is 37.0 Å². The zero-order valence-corrected chi connectivity index (χ0v) is 18.3. The fourth-order valence-corrected chi connectivity index (χ4v) is 3.58. The molecule has 4 aromatic rings. The number of non-ortho nitro benzene ring substituents is 1. The number of H-pyrrole nitrogens is 1. The van der Waals surface area contributed by atoms with Gasteiger partial charge in [-0.2, -0.15) is 0 Å². The molecule has 3 aromatic heterocycles. The normalized spacial score (nSPS) is 11.4. The van der Waals surface area contributed by atoms with Gasteiger partial charge in [0.25, 0.3) is 11.2 Å². The Hall–Kier alpha value is -4.49. The molecule has 178 valence electrons. The number of nitrogens with zero attached hydrogens (tertiary/aromatic N) is 5. The van der Waals surface area contributed by atoms with Gasteiger partial charge in [0.2, 0.25) is 0 Å². The molecule has 0 radical (unpaired) electrons. The van der Waals surface area contributed by atoms with Crippen molar-refractivity contribution in [2.45, 2.75) is 39.5 Å². The smallest absolute Gasteiger partial charge is 0.420 e. The molecule has 0 aliphatic carbocycles. The molecule has 14 heteroatoms. The number of benzene rings is 1. The Morgan fingerprint density at radius 1 is 1.26 bits per heavy atom. The molecular weight excluding hydrogens is 452 g/mol. The second kappa shape index (κ2) is 8.80. The molecular formula is C20H20N6O8. The molecule has 0 amide bonds. The second-order valence-electron chi connectivity index (χ2n) is 7.55. The minimum absolute atomic E-state index is 0.0355. The van der Waals surface area contributed by atoms with Crippen LogP contribution >= 0.6 is 0 Å². The lowest BCUT2D eigenvalue weighted by Crippen LogP contribution is -2.31. The minimum Gasteiger partial charge on any atom is -0.456 e. The predicted octanol–water partition coefficient (Wildman–Crippen LogP) is 0.783. The number of aromatic amines is 1. The summed E-state index contributed by atoms with van der Waals surface area (Å²) in [6, 6.07) is 3.58. The quantitative estimate of drug-likeness (QED) is 0.220. The molecule has 4 rings (SSSR count). The lowest BCUT2D eigenvalue weighted by Gasteiger charge is -2.05. The van der Waals surface area contributed by atoms with E-state index in [0.717, 1.165) is 17.1 Å². The van der Waals surface area contributed by atoms with Gasteiger partial charge in [-0.05, 0) is 12.5 Å². The van der Waals surface area contributed by atoms with Crippen molar-refractivity contribution < 1.29 is 18.9 Å². The third kappa shape index (κ3) is 4.00. The van der Waals surface area contributed by atoms with E-state index in [1.807, 2.05) is 6.92 Å². The van der Waals surface area contributed by atoms with Crippen LogP contribution in [0.5, 0.6) is 0 Å². The monoisotopic (exact) mass is 472 g/mol. The molecule has 0 atom stereocenters. The van der Waals surface area contributed by atoms with Crippen LogP contribution in [0.1, 0.15) is 25.6 Å². The Labute approximate surface area is 189 Å². The standard InChI is InChI=1S/C20H20N6O8/c1-3-4-7-24-17-16(18(28)22-19(24)29)23(2)14(21-17)10-33-15(27)9-25-12-6-5-11(26(31)32)8-13(12)34-20(25)30/h5-6,8H,3-4,7,9-10H2,1-2H3,(H,22,28,29). The van der Waals surface area contributed by atoms with Gasteiger partial charge in [0, 0.05) is 19.7 Å². The molecule has 3 heterocycles. The Kier molecular flexibility index (Phi) is 5.88. The number of nitro groups is 1. The fourth-order valence-electron chi connectivity index (χ4n) is 3.58. The Bertz CT molecular complexity index is 1600. The number of aryl methyl sites for hydroxylation is 2. The molecule has 1 N–H and O–H groups in total. The summed E-state index contributed by atoms with van der Waals surface area (Å²) in [7, 11) is 1.56. The van der Waals surface area contributed by atoms with Crippen molar-refractivity contribution >= 4 is 33.9 Å². The minimum atomic E-state index is -0.873. The maximum Gasteiger partial charge on any atom is 0.420 e. The van der Waals surface area contributed by atoms with Gasteiger partial charge >= 0.3 is 17.4 Å². The van der Waals surface area contributed by atoms with Gasteiger partial charge in [0.1, 0.15) is 19.0 Å². The number of oxazole rings is 1. The number of nitrogens with one attached hydrogen (secondary N) is 1. The molecule has 0 bridgehead atoms. The molecule has 0 fully saturated rings. The zero-order chi connectivity index (χ0) is 24.6. The number of unbranched alkanes of at least 4 members (excludes halogenated alkanes) is 1. The second-order valence-corrected chi connectivity index (χ2v) is 7.55. The molecule has 0 aliphatic heterocycles. The number of carbonyl (C=O) groups excluding carboxylic acids is 1. The van der Waals surface area contributed by atoms with Crippen molar-refractivity contribution in [2.24, 2.45) is 7.05 Å². The lowest BCUT2D eigenvalue weighted by atomic mass is 10.3. The van der Waals surface area contributed by atoms with Gasteiger partial charge in [0.15, 0.2) is 16.7 Å². The van der Waals surface area contributed by atoms with Crippen LogP contribution in [0, 0.1) is 10.1 Å². The maximum atomic E-state index is 12.4. The van der Waals surface area contributed by atoms with E-state index < -0.39 is 34.4 Å². The van der Waals surface area contributed by atoms with Crippen LogP contribution in [-0.2, 0) is 36.3 Å². The van der Waals surface area contributed by atoms with Gasteiger partial charge in [-0.15, -0.1) is 0 Å². The van der Waals surface area contributed by atoms with E-state index in [9.17, 15) is 29.3 Å². The molecule has 0 saturated heterocycles. The number of ether oxygens (including phenoxy) is 1. The Morgan fingerprint density at radius 3 is 2.74 bits per heavy atom. The molecule has 1 aromatic carbocycles. The predicted molar refractivity (Wildman–Crippen MR) is 117 cm³/mol. The van der Waals surface area contributed by atoms with Crippen molar-refractivity contribution in [3.63, 3.8) is 0 Å². The molecule has 0 saturated carbocycles. The van der Waals surface area contributed by atoms with Gasteiger partial charge in [-0.1, -0.05) is 13.3 Å². The number of esters is 1. The van der Waals surface area contributed by atoms with Crippen LogP contribution in [-0.4, -0.2) is 34.6 Å². The average Bonchev–Trinajstić information content (AvgIpc) is 3.28. The van der Waals surface area contributed by atoms with E-state index in [1.54, 1.807) is 7.05 Å². The highest BCUT2D eigenvalue weighted by Crippen LogP contribution is 2.20. The highest BCUT2D eigenvalue weighted by molar-refractivity contribution is 5.78. The summed E-state index contributed by atoms with van der Waals surface area (Å²) in [5, 5.41) is 10.9. The number of aromatic nitrogens is 5. The van der Waals surface area contributed by atoms with Gasteiger partial charge < -0.3 is 13.7 Å². The molecule has 0 unspecified atom stereocenters. The number of rotatable bonds is 8. The van der Waals surface area contributed by atoms with E-state index in [1.165, 1.54) is 21.3 Å². The van der Waals surface area contributed by atoms with Crippen molar-refractivity contribution in [2.75, 3.05) is 0 Å². The molecule has 34 heavy (non-hydrogen) atoms. The van der Waals surface area contributed by atoms with E-state index in [-0.39, 0.29) is 40.4 Å². The molecule has 0 spiro atoms. The van der Waals surface area contributed by atoms with Gasteiger partial charge in [-0.3, -0.25) is 33.8 Å². The first kappa shape index (κ1) is 22.7. The van der Waals surface area contributed by atoms with Crippen LogP contribution in [0.3, 0.4) is 0 Å². The number of hydrogen-bond acceptors (Lipinski definition) is 9. The summed E-state index contributed by atoms with van der Waals surface area (Å²) in [5.74, 6) is -1.45. The summed E-state index contributed by atoms with van der Waals surface area (Å²) in [4.78, 5) is 65.9. The summed E-state index contributed by atoms with van der Waals surface area (Å²) < 4.78 is 14.0. The van der Waals surface area contributed by atoms with Crippen LogP contribution in [0.4, 0.5) is 5.69 Å².